The van der Waals surface area contributed by atoms with Gasteiger partial charge in [-0.3, -0.25) is 10.1 Å². The molecular formula is C10H11NO3. The first-order chi connectivity index (χ1) is 6.56. The molecule has 4 nitrogen and oxygen atoms in total. The van der Waals surface area contributed by atoms with Crippen molar-refractivity contribution in [2.45, 2.75) is 20.3 Å². The molecule has 0 aliphatic heterocycles. The normalized spacial score (nSPS) is 9.86. The van der Waals surface area contributed by atoms with Crippen LogP contribution in [0.15, 0.2) is 12.1 Å². The Morgan fingerprint density at radius 1 is 1.36 bits per heavy atom. The van der Waals surface area contributed by atoms with Crippen molar-refractivity contribution in [1.29, 1.82) is 0 Å². The SMILES string of the molecule is Cc1cc(CC=O)c([N+](=O)[O-])cc1C. The highest BCUT2D eigenvalue weighted by Gasteiger charge is 2.14. The minimum atomic E-state index is -0.453. The van der Waals surface area contributed by atoms with Crippen LogP contribution in [-0.4, -0.2) is 11.2 Å². The van der Waals surface area contributed by atoms with Crippen molar-refractivity contribution in [2.24, 2.45) is 0 Å². The zero-order chi connectivity index (χ0) is 10.7. The van der Waals surface area contributed by atoms with Gasteiger partial charge in [-0.15, -0.1) is 0 Å². The van der Waals surface area contributed by atoms with Crippen LogP contribution in [0.1, 0.15) is 16.7 Å². The number of carbonyl (C=O) groups is 1. The Labute approximate surface area is 81.7 Å². The first kappa shape index (κ1) is 10.4. The minimum absolute atomic E-state index is 0.0280. The van der Waals surface area contributed by atoms with Crippen molar-refractivity contribution in [3.8, 4) is 0 Å². The number of aldehydes is 1. The lowest BCUT2D eigenvalue weighted by Crippen LogP contribution is -1.98. The van der Waals surface area contributed by atoms with E-state index in [2.05, 4.69) is 0 Å². The molecule has 0 spiro atoms. The van der Waals surface area contributed by atoms with Crippen LogP contribution in [0.2, 0.25) is 0 Å². The number of nitro groups is 1. The summed E-state index contributed by atoms with van der Waals surface area (Å²) in [5, 5.41) is 10.6. The Morgan fingerprint density at radius 3 is 2.43 bits per heavy atom. The molecule has 0 saturated carbocycles. The Balaban J connectivity index is 3.30. The van der Waals surface area contributed by atoms with Crippen LogP contribution in [0.5, 0.6) is 0 Å². The highest BCUT2D eigenvalue weighted by Crippen LogP contribution is 2.22. The molecule has 1 aromatic carbocycles. The predicted molar refractivity (Wildman–Crippen MR) is 52.3 cm³/mol. The largest absolute Gasteiger partial charge is 0.303 e. The maximum absolute atomic E-state index is 10.6. The Hall–Kier alpha value is -1.71. The molecule has 0 radical (unpaired) electrons. The highest BCUT2D eigenvalue weighted by atomic mass is 16.6. The molecule has 0 aliphatic rings. The molecule has 0 bridgehead atoms. The lowest BCUT2D eigenvalue weighted by molar-refractivity contribution is -0.385. The van der Waals surface area contributed by atoms with Crippen molar-refractivity contribution in [3.05, 3.63) is 38.9 Å². The van der Waals surface area contributed by atoms with Gasteiger partial charge < -0.3 is 4.79 Å². The van der Waals surface area contributed by atoms with Gasteiger partial charge in [0.15, 0.2) is 0 Å². The van der Waals surface area contributed by atoms with Crippen molar-refractivity contribution in [2.75, 3.05) is 0 Å². The van der Waals surface area contributed by atoms with Gasteiger partial charge in [0.25, 0.3) is 5.69 Å². The number of rotatable bonds is 3. The third-order valence-corrected chi connectivity index (χ3v) is 2.19. The summed E-state index contributed by atoms with van der Waals surface area (Å²) in [6, 6.07) is 3.20. The van der Waals surface area contributed by atoms with Crippen LogP contribution in [0.3, 0.4) is 0 Å². The third kappa shape index (κ3) is 1.96. The fourth-order valence-electron chi connectivity index (χ4n) is 1.28. The van der Waals surface area contributed by atoms with Crippen LogP contribution in [0.25, 0.3) is 0 Å². The van der Waals surface area contributed by atoms with E-state index in [4.69, 9.17) is 0 Å². The van der Waals surface area contributed by atoms with E-state index < -0.39 is 4.92 Å². The summed E-state index contributed by atoms with van der Waals surface area (Å²) in [6.07, 6.45) is 0.772. The van der Waals surface area contributed by atoms with Gasteiger partial charge in [0.05, 0.1) is 4.92 Å². The molecule has 0 atom stereocenters. The molecule has 0 amide bonds. The molecule has 0 N–H and O–H groups in total. The fraction of sp³-hybridized carbons (Fsp3) is 0.300. The molecule has 74 valence electrons. The standard InChI is InChI=1S/C10H11NO3/c1-7-5-9(3-4-12)10(11(13)14)6-8(7)2/h4-6H,3H2,1-2H3. The monoisotopic (exact) mass is 193 g/mol. The average molecular weight is 193 g/mol. The number of nitro benzene ring substituents is 1. The van der Waals surface area contributed by atoms with Crippen molar-refractivity contribution >= 4 is 12.0 Å². The topological polar surface area (TPSA) is 60.2 Å². The lowest BCUT2D eigenvalue weighted by Gasteiger charge is -2.03. The second-order valence-electron chi connectivity index (χ2n) is 3.19. The van der Waals surface area contributed by atoms with Crippen molar-refractivity contribution < 1.29 is 9.72 Å². The van der Waals surface area contributed by atoms with E-state index in [1.165, 1.54) is 6.07 Å². The average Bonchev–Trinajstić information content (AvgIpc) is 2.11. The van der Waals surface area contributed by atoms with Crippen LogP contribution < -0.4 is 0 Å². The van der Waals surface area contributed by atoms with Gasteiger partial charge in [-0.2, -0.15) is 0 Å². The maximum atomic E-state index is 10.6. The number of aryl methyl sites for hydroxylation is 2. The molecule has 1 aromatic rings. The van der Waals surface area contributed by atoms with Gasteiger partial charge in [-0.1, -0.05) is 0 Å². The Kier molecular flexibility index (Phi) is 2.96. The van der Waals surface area contributed by atoms with Crippen LogP contribution in [0, 0.1) is 24.0 Å². The summed E-state index contributed by atoms with van der Waals surface area (Å²) < 4.78 is 0. The van der Waals surface area contributed by atoms with Crippen molar-refractivity contribution in [3.63, 3.8) is 0 Å². The Morgan fingerprint density at radius 2 is 1.93 bits per heavy atom. The molecule has 1 rings (SSSR count). The summed E-state index contributed by atoms with van der Waals surface area (Å²) in [5.41, 5.74) is 2.34. The smallest absolute Gasteiger partial charge is 0.273 e. The quantitative estimate of drug-likeness (QED) is 0.418. The summed E-state index contributed by atoms with van der Waals surface area (Å²) in [4.78, 5) is 20.5. The van der Waals surface area contributed by atoms with E-state index in [-0.39, 0.29) is 12.1 Å². The van der Waals surface area contributed by atoms with Gasteiger partial charge in [0.2, 0.25) is 0 Å². The first-order valence-corrected chi connectivity index (χ1v) is 4.24. The molecule has 0 aliphatic carbocycles. The van der Waals surface area contributed by atoms with E-state index in [9.17, 15) is 14.9 Å². The molecule has 0 unspecified atom stereocenters. The molecule has 0 aromatic heterocycles. The number of benzene rings is 1. The van der Waals surface area contributed by atoms with E-state index in [1.807, 2.05) is 13.8 Å². The number of carbonyl (C=O) groups excluding carboxylic acids is 1. The molecular weight excluding hydrogens is 182 g/mol. The summed E-state index contributed by atoms with van der Waals surface area (Å²) in [5.74, 6) is 0. The summed E-state index contributed by atoms with van der Waals surface area (Å²) in [7, 11) is 0. The van der Waals surface area contributed by atoms with E-state index in [0.29, 0.717) is 11.8 Å². The molecule has 4 heteroatoms. The molecule has 0 heterocycles. The second-order valence-corrected chi connectivity index (χ2v) is 3.19. The fourth-order valence-corrected chi connectivity index (χ4v) is 1.28. The van der Waals surface area contributed by atoms with Gasteiger partial charge in [-0.05, 0) is 31.0 Å². The van der Waals surface area contributed by atoms with E-state index in [0.717, 1.165) is 11.1 Å². The van der Waals surface area contributed by atoms with E-state index >= 15 is 0 Å². The van der Waals surface area contributed by atoms with Gasteiger partial charge >= 0.3 is 0 Å². The zero-order valence-electron chi connectivity index (χ0n) is 8.11. The highest BCUT2D eigenvalue weighted by molar-refractivity contribution is 5.60. The van der Waals surface area contributed by atoms with Crippen LogP contribution in [0.4, 0.5) is 5.69 Å². The molecule has 0 fully saturated rings. The summed E-state index contributed by atoms with van der Waals surface area (Å²) >= 11 is 0. The number of hydrogen-bond donors (Lipinski definition) is 0. The van der Waals surface area contributed by atoms with Gasteiger partial charge in [-0.25, -0.2) is 0 Å². The van der Waals surface area contributed by atoms with Gasteiger partial charge in [0.1, 0.15) is 6.29 Å². The molecule has 14 heavy (non-hydrogen) atoms. The van der Waals surface area contributed by atoms with E-state index in [1.54, 1.807) is 6.07 Å². The minimum Gasteiger partial charge on any atom is -0.303 e. The maximum Gasteiger partial charge on any atom is 0.273 e. The first-order valence-electron chi connectivity index (χ1n) is 4.24. The van der Waals surface area contributed by atoms with Crippen LogP contribution in [-0.2, 0) is 11.2 Å². The molecule has 0 saturated heterocycles. The number of nitrogens with zero attached hydrogens (tertiary/aromatic N) is 1. The van der Waals surface area contributed by atoms with Crippen molar-refractivity contribution in [1.82, 2.24) is 0 Å². The van der Waals surface area contributed by atoms with Crippen LogP contribution >= 0.6 is 0 Å². The summed E-state index contributed by atoms with van der Waals surface area (Å²) in [6.45, 7) is 3.68. The third-order valence-electron chi connectivity index (χ3n) is 2.19. The number of hydrogen-bond acceptors (Lipinski definition) is 3. The Bertz CT molecular complexity index is 385. The zero-order valence-corrected chi connectivity index (χ0v) is 8.11. The lowest BCUT2D eigenvalue weighted by atomic mass is 10.0. The second kappa shape index (κ2) is 4.00. The predicted octanol–water partition coefficient (Wildman–Crippen LogP) is 1.95. The van der Waals surface area contributed by atoms with Gasteiger partial charge in [0, 0.05) is 18.1 Å².